The molecule has 0 aliphatic rings. The lowest BCUT2D eigenvalue weighted by Crippen LogP contribution is -1.99. The van der Waals surface area contributed by atoms with E-state index in [1.807, 2.05) is 0 Å². The monoisotopic (exact) mass is 336 g/mol. The van der Waals surface area contributed by atoms with Crippen molar-refractivity contribution in [2.45, 2.75) is 136 Å². The number of allylic oxidation sites excluding steroid dienone is 2. The molecular weight excluding hydrogens is 288 g/mol. The summed E-state index contributed by atoms with van der Waals surface area (Å²) >= 11 is 0. The molecular formula is C24H48. The molecule has 0 radical (unpaired) electrons. The van der Waals surface area contributed by atoms with Gasteiger partial charge in [0, 0.05) is 0 Å². The van der Waals surface area contributed by atoms with Crippen LogP contribution in [0.5, 0.6) is 0 Å². The second-order valence-corrected chi connectivity index (χ2v) is 7.79. The Hall–Kier alpha value is -0.260. The molecule has 0 rings (SSSR count). The molecule has 0 amide bonds. The Labute approximate surface area is 154 Å². The van der Waals surface area contributed by atoms with E-state index in [1.165, 1.54) is 116 Å². The van der Waals surface area contributed by atoms with Crippen molar-refractivity contribution in [3.05, 3.63) is 12.2 Å². The SMILES string of the molecule is CCCCCCCCCC=CCCCCC(CC)CCCCCC. The Morgan fingerprint density at radius 2 is 0.917 bits per heavy atom. The fourth-order valence-corrected chi connectivity index (χ4v) is 3.56. The van der Waals surface area contributed by atoms with Crippen LogP contribution in [0.1, 0.15) is 136 Å². The molecule has 0 heterocycles. The second kappa shape index (κ2) is 20.8. The zero-order chi connectivity index (χ0) is 17.7. The maximum atomic E-state index is 2.44. The van der Waals surface area contributed by atoms with Crippen molar-refractivity contribution in [1.29, 1.82) is 0 Å². The maximum absolute atomic E-state index is 2.44. The molecule has 0 spiro atoms. The van der Waals surface area contributed by atoms with E-state index in [-0.39, 0.29) is 0 Å². The van der Waals surface area contributed by atoms with E-state index in [0.717, 1.165) is 5.92 Å². The first-order chi connectivity index (χ1) is 11.8. The molecule has 0 bridgehead atoms. The maximum Gasteiger partial charge on any atom is -0.0351 e. The van der Waals surface area contributed by atoms with Gasteiger partial charge in [0.05, 0.1) is 0 Å². The first-order valence-electron chi connectivity index (χ1n) is 11.5. The summed E-state index contributed by atoms with van der Waals surface area (Å²) in [5, 5.41) is 0. The predicted octanol–water partition coefficient (Wildman–Crippen LogP) is 9.24. The summed E-state index contributed by atoms with van der Waals surface area (Å²) in [4.78, 5) is 0. The lowest BCUT2D eigenvalue weighted by Gasteiger charge is -2.14. The molecule has 0 N–H and O–H groups in total. The third-order valence-corrected chi connectivity index (χ3v) is 5.42. The number of unbranched alkanes of at least 4 members (excludes halogenated alkanes) is 12. The Balaban J connectivity index is 3.31. The summed E-state index contributed by atoms with van der Waals surface area (Å²) in [6, 6.07) is 0. The summed E-state index contributed by atoms with van der Waals surface area (Å²) in [6.45, 7) is 6.98. The largest absolute Gasteiger partial charge is 0.0885 e. The summed E-state index contributed by atoms with van der Waals surface area (Å²) in [6.07, 6.45) is 30.4. The third kappa shape index (κ3) is 18.1. The van der Waals surface area contributed by atoms with Gasteiger partial charge in [-0.2, -0.15) is 0 Å². The summed E-state index contributed by atoms with van der Waals surface area (Å²) in [5.74, 6) is 0.999. The molecule has 0 saturated heterocycles. The number of hydrogen-bond donors (Lipinski definition) is 0. The predicted molar refractivity (Wildman–Crippen MR) is 113 cm³/mol. The zero-order valence-electron chi connectivity index (χ0n) is 17.5. The van der Waals surface area contributed by atoms with Crippen LogP contribution >= 0.6 is 0 Å². The normalized spacial score (nSPS) is 13.0. The van der Waals surface area contributed by atoms with Crippen LogP contribution in [0.25, 0.3) is 0 Å². The smallest absolute Gasteiger partial charge is 0.0351 e. The second-order valence-electron chi connectivity index (χ2n) is 7.79. The van der Waals surface area contributed by atoms with Crippen LogP contribution in [0.4, 0.5) is 0 Å². The molecule has 0 aromatic carbocycles. The van der Waals surface area contributed by atoms with Gasteiger partial charge in [0.1, 0.15) is 0 Å². The van der Waals surface area contributed by atoms with Gasteiger partial charge in [0.2, 0.25) is 0 Å². The standard InChI is InChI=1S/C24H48/c1-4-7-9-11-12-13-14-15-16-17-18-19-21-23-24(6-3)22-20-10-8-5-2/h16-17,24H,4-15,18-23H2,1-3H3. The van der Waals surface area contributed by atoms with Gasteiger partial charge in [-0.1, -0.05) is 123 Å². The van der Waals surface area contributed by atoms with Gasteiger partial charge in [-0.3, -0.25) is 0 Å². The van der Waals surface area contributed by atoms with Crippen LogP contribution < -0.4 is 0 Å². The molecule has 1 atom stereocenters. The van der Waals surface area contributed by atoms with Gasteiger partial charge < -0.3 is 0 Å². The average Bonchev–Trinajstić information content (AvgIpc) is 2.60. The van der Waals surface area contributed by atoms with Gasteiger partial charge in [-0.05, 0) is 31.6 Å². The highest BCUT2D eigenvalue weighted by atomic mass is 14.1. The minimum atomic E-state index is 0.999. The summed E-state index contributed by atoms with van der Waals surface area (Å²) in [5.41, 5.74) is 0. The van der Waals surface area contributed by atoms with Gasteiger partial charge in [-0.15, -0.1) is 0 Å². The van der Waals surface area contributed by atoms with E-state index in [1.54, 1.807) is 0 Å². The van der Waals surface area contributed by atoms with Gasteiger partial charge in [-0.25, -0.2) is 0 Å². The molecule has 144 valence electrons. The molecule has 0 saturated carbocycles. The molecule has 0 aromatic heterocycles. The highest BCUT2D eigenvalue weighted by molar-refractivity contribution is 4.81. The molecule has 0 nitrogen and oxygen atoms in total. The van der Waals surface area contributed by atoms with Crippen molar-refractivity contribution in [2.24, 2.45) is 5.92 Å². The Morgan fingerprint density at radius 1 is 0.500 bits per heavy atom. The molecule has 0 aliphatic heterocycles. The minimum absolute atomic E-state index is 0.999. The fourth-order valence-electron chi connectivity index (χ4n) is 3.56. The first-order valence-corrected chi connectivity index (χ1v) is 11.5. The molecule has 1 unspecified atom stereocenters. The first kappa shape index (κ1) is 23.7. The Bertz CT molecular complexity index is 240. The number of hydrogen-bond acceptors (Lipinski definition) is 0. The van der Waals surface area contributed by atoms with Crippen LogP contribution in [0.15, 0.2) is 12.2 Å². The highest BCUT2D eigenvalue weighted by Gasteiger charge is 2.05. The van der Waals surface area contributed by atoms with E-state index < -0.39 is 0 Å². The highest BCUT2D eigenvalue weighted by Crippen LogP contribution is 2.20. The fraction of sp³-hybridized carbons (Fsp3) is 0.917. The number of rotatable bonds is 19. The van der Waals surface area contributed by atoms with Crippen molar-refractivity contribution < 1.29 is 0 Å². The van der Waals surface area contributed by atoms with Crippen LogP contribution in [-0.2, 0) is 0 Å². The van der Waals surface area contributed by atoms with E-state index >= 15 is 0 Å². The molecule has 0 fully saturated rings. The van der Waals surface area contributed by atoms with Crippen molar-refractivity contribution in [2.75, 3.05) is 0 Å². The molecule has 24 heavy (non-hydrogen) atoms. The van der Waals surface area contributed by atoms with Gasteiger partial charge >= 0.3 is 0 Å². The summed E-state index contributed by atoms with van der Waals surface area (Å²) in [7, 11) is 0. The lowest BCUT2D eigenvalue weighted by molar-refractivity contribution is 0.399. The molecule has 0 aliphatic carbocycles. The Kier molecular flexibility index (Phi) is 20.6. The molecule has 0 heteroatoms. The van der Waals surface area contributed by atoms with Crippen LogP contribution in [0, 0.1) is 5.92 Å². The van der Waals surface area contributed by atoms with Crippen LogP contribution in [-0.4, -0.2) is 0 Å². The third-order valence-electron chi connectivity index (χ3n) is 5.42. The van der Waals surface area contributed by atoms with Gasteiger partial charge in [0.25, 0.3) is 0 Å². The van der Waals surface area contributed by atoms with Crippen LogP contribution in [0.2, 0.25) is 0 Å². The quantitative estimate of drug-likeness (QED) is 0.163. The van der Waals surface area contributed by atoms with E-state index in [0.29, 0.717) is 0 Å². The van der Waals surface area contributed by atoms with Crippen molar-refractivity contribution in [3.8, 4) is 0 Å². The van der Waals surface area contributed by atoms with Crippen molar-refractivity contribution in [1.82, 2.24) is 0 Å². The van der Waals surface area contributed by atoms with Gasteiger partial charge in [0.15, 0.2) is 0 Å². The lowest BCUT2D eigenvalue weighted by atomic mass is 9.92. The van der Waals surface area contributed by atoms with E-state index in [9.17, 15) is 0 Å². The molecule has 0 aromatic rings. The van der Waals surface area contributed by atoms with E-state index in [4.69, 9.17) is 0 Å². The van der Waals surface area contributed by atoms with Crippen LogP contribution in [0.3, 0.4) is 0 Å². The minimum Gasteiger partial charge on any atom is -0.0885 e. The van der Waals surface area contributed by atoms with Crippen molar-refractivity contribution in [3.63, 3.8) is 0 Å². The zero-order valence-corrected chi connectivity index (χ0v) is 17.5. The summed E-state index contributed by atoms with van der Waals surface area (Å²) < 4.78 is 0. The van der Waals surface area contributed by atoms with E-state index in [2.05, 4.69) is 32.9 Å². The Morgan fingerprint density at radius 3 is 1.46 bits per heavy atom. The average molecular weight is 337 g/mol. The van der Waals surface area contributed by atoms with Crippen molar-refractivity contribution >= 4 is 0 Å². The topological polar surface area (TPSA) is 0 Å².